The summed E-state index contributed by atoms with van der Waals surface area (Å²) in [6.45, 7) is 2.78. The van der Waals surface area contributed by atoms with Crippen LogP contribution in [0, 0.1) is 0 Å². The number of amides is 1. The Labute approximate surface area is 181 Å². The molecule has 2 rings (SSSR count). The van der Waals surface area contributed by atoms with Crippen LogP contribution in [0.25, 0.3) is 0 Å². The van der Waals surface area contributed by atoms with E-state index in [2.05, 4.69) is 4.74 Å². The van der Waals surface area contributed by atoms with Crippen molar-refractivity contribution in [3.05, 3.63) is 69.7 Å². The first-order chi connectivity index (χ1) is 12.8. The van der Waals surface area contributed by atoms with Crippen LogP contribution < -0.4 is 0 Å². The molecule has 156 valence electrons. The number of halogens is 3. The third kappa shape index (κ3) is 11.8. The van der Waals surface area contributed by atoms with Crippen LogP contribution in [0.4, 0.5) is 0 Å². The van der Waals surface area contributed by atoms with Gasteiger partial charge < -0.3 is 9.84 Å². The first kappa shape index (κ1) is 28.4. The van der Waals surface area contributed by atoms with Gasteiger partial charge in [-0.2, -0.15) is 0 Å². The number of benzene rings is 2. The lowest BCUT2D eigenvalue weighted by Gasteiger charge is -2.13. The van der Waals surface area contributed by atoms with Crippen LogP contribution in [0.3, 0.4) is 0 Å². The van der Waals surface area contributed by atoms with E-state index in [9.17, 15) is 9.59 Å². The molecule has 0 bridgehead atoms. The Kier molecular flexibility index (Phi) is 16.4. The number of carbonyl (C=O) groups is 2. The van der Waals surface area contributed by atoms with Crippen molar-refractivity contribution in [2.75, 3.05) is 27.9 Å². The Morgan fingerprint density at radius 2 is 1.43 bits per heavy atom. The molecule has 0 unspecified atom stereocenters. The number of carboxylic acids is 1. The fraction of sp³-hybridized carbons (Fsp3) is 0.263. The highest BCUT2D eigenvalue weighted by Gasteiger charge is 2.10. The maximum atomic E-state index is 11.5. The molecule has 0 fully saturated rings. The van der Waals surface area contributed by atoms with Crippen LogP contribution in [0.15, 0.2) is 48.5 Å². The van der Waals surface area contributed by atoms with Gasteiger partial charge in [-0.15, -0.1) is 12.4 Å². The van der Waals surface area contributed by atoms with Crippen molar-refractivity contribution in [2.24, 2.45) is 0 Å². The predicted octanol–water partition coefficient (Wildman–Crippen LogP) is 5.09. The summed E-state index contributed by atoms with van der Waals surface area (Å²) < 4.78 is 4.54. The maximum absolute atomic E-state index is 11.5. The molecule has 0 radical (unpaired) electrons. The van der Waals surface area contributed by atoms with Crippen LogP contribution >= 0.6 is 35.6 Å². The third-order valence-electron chi connectivity index (χ3n) is 2.99. The highest BCUT2D eigenvalue weighted by molar-refractivity contribution is 6.31. The van der Waals surface area contributed by atoms with E-state index in [4.69, 9.17) is 33.1 Å². The van der Waals surface area contributed by atoms with E-state index in [-0.39, 0.29) is 23.9 Å². The number of nitrogens with zero attached hydrogens (tertiary/aromatic N) is 1. The molecule has 0 saturated carbocycles. The van der Waals surface area contributed by atoms with Gasteiger partial charge in [0.25, 0.3) is 5.91 Å². The molecule has 1 amide bonds. The number of rotatable bonds is 4. The molecule has 0 heterocycles. The first-order valence-corrected chi connectivity index (χ1v) is 8.57. The molecule has 6 nitrogen and oxygen atoms in total. The van der Waals surface area contributed by atoms with Crippen molar-refractivity contribution >= 4 is 47.5 Å². The lowest BCUT2D eigenvalue weighted by Crippen LogP contribution is -2.25. The number of hydrogen-bond donors (Lipinski definition) is 1. The third-order valence-corrected chi connectivity index (χ3v) is 3.46. The molecular formula is C19H24Cl3NO5. The second-order valence-electron chi connectivity index (χ2n) is 4.89. The molecule has 2 aromatic carbocycles. The zero-order valence-electron chi connectivity index (χ0n) is 16.0. The van der Waals surface area contributed by atoms with E-state index in [0.717, 1.165) is 11.7 Å². The Morgan fingerprint density at radius 1 is 1.00 bits per heavy atom. The molecule has 0 aliphatic carbocycles. The van der Waals surface area contributed by atoms with Gasteiger partial charge in [0, 0.05) is 36.4 Å². The van der Waals surface area contributed by atoms with Gasteiger partial charge in [-0.25, -0.2) is 9.86 Å². The number of hydroxylamine groups is 2. The molecule has 0 aliphatic heterocycles. The molecule has 28 heavy (non-hydrogen) atoms. The maximum Gasteiger partial charge on any atom is 0.335 e. The van der Waals surface area contributed by atoms with Gasteiger partial charge in [0.1, 0.15) is 0 Å². The molecule has 0 spiro atoms. The normalized spacial score (nSPS) is 8.93. The van der Waals surface area contributed by atoms with Gasteiger partial charge >= 0.3 is 5.97 Å². The number of carbonyl (C=O) groups excluding carboxylic acids is 1. The largest absolute Gasteiger partial charge is 0.478 e. The van der Waals surface area contributed by atoms with Crippen molar-refractivity contribution in [1.29, 1.82) is 0 Å². The summed E-state index contributed by atoms with van der Waals surface area (Å²) in [6.07, 6.45) is 0. The van der Waals surface area contributed by atoms with Gasteiger partial charge in [0.15, 0.2) is 0 Å². The monoisotopic (exact) mass is 451 g/mol. The van der Waals surface area contributed by atoms with Crippen LogP contribution in [0.1, 0.15) is 27.6 Å². The van der Waals surface area contributed by atoms with E-state index >= 15 is 0 Å². The second kappa shape index (κ2) is 16.2. The van der Waals surface area contributed by atoms with E-state index < -0.39 is 5.97 Å². The van der Waals surface area contributed by atoms with Crippen LogP contribution in [-0.2, 0) is 9.57 Å². The van der Waals surface area contributed by atoms with E-state index in [0.29, 0.717) is 15.6 Å². The lowest BCUT2D eigenvalue weighted by atomic mass is 10.2. The summed E-state index contributed by atoms with van der Waals surface area (Å²) in [5, 5.41) is 10.6. The SMILES string of the molecule is CCOC.CON(C)C(=O)c1cccc(Cl)c1.Cl.O=C(O)c1cccc(Cl)c1. The summed E-state index contributed by atoms with van der Waals surface area (Å²) in [5.74, 6) is -1.17. The average Bonchev–Trinajstić information content (AvgIpc) is 2.67. The number of aromatic carboxylic acids is 1. The summed E-state index contributed by atoms with van der Waals surface area (Å²) >= 11 is 11.3. The van der Waals surface area contributed by atoms with Crippen molar-refractivity contribution in [3.8, 4) is 0 Å². The molecule has 0 atom stereocenters. The highest BCUT2D eigenvalue weighted by Crippen LogP contribution is 2.12. The molecule has 1 N–H and O–H groups in total. The minimum absolute atomic E-state index is 0. The van der Waals surface area contributed by atoms with E-state index in [1.807, 2.05) is 6.92 Å². The van der Waals surface area contributed by atoms with Crippen LogP contribution in [-0.4, -0.2) is 49.9 Å². The van der Waals surface area contributed by atoms with E-state index in [1.54, 1.807) is 50.6 Å². The Morgan fingerprint density at radius 3 is 1.75 bits per heavy atom. The van der Waals surface area contributed by atoms with Gasteiger partial charge in [-0.05, 0) is 43.3 Å². The first-order valence-electron chi connectivity index (χ1n) is 7.82. The second-order valence-corrected chi connectivity index (χ2v) is 5.76. The Hall–Kier alpha value is -1.83. The summed E-state index contributed by atoms with van der Waals surface area (Å²) in [4.78, 5) is 26.5. The Bertz CT molecular complexity index is 726. The van der Waals surface area contributed by atoms with Crippen LogP contribution in [0.2, 0.25) is 10.0 Å². The highest BCUT2D eigenvalue weighted by atomic mass is 35.5. The minimum atomic E-state index is -0.956. The van der Waals surface area contributed by atoms with Gasteiger partial charge in [0.05, 0.1) is 12.7 Å². The minimum Gasteiger partial charge on any atom is -0.478 e. The smallest absolute Gasteiger partial charge is 0.335 e. The molecule has 0 aromatic heterocycles. The van der Waals surface area contributed by atoms with Crippen molar-refractivity contribution in [1.82, 2.24) is 5.06 Å². The topological polar surface area (TPSA) is 76.1 Å². The summed E-state index contributed by atoms with van der Waals surface area (Å²) in [5.41, 5.74) is 0.726. The Balaban J connectivity index is 0. The fourth-order valence-corrected chi connectivity index (χ4v) is 1.89. The predicted molar refractivity (Wildman–Crippen MR) is 114 cm³/mol. The average molecular weight is 453 g/mol. The van der Waals surface area contributed by atoms with Crippen LogP contribution in [0.5, 0.6) is 0 Å². The molecule has 0 aliphatic rings. The number of carboxylic acid groups (broad SMARTS) is 1. The zero-order chi connectivity index (χ0) is 20.8. The number of methoxy groups -OCH3 is 1. The molecule has 0 saturated heterocycles. The zero-order valence-corrected chi connectivity index (χ0v) is 18.3. The summed E-state index contributed by atoms with van der Waals surface area (Å²) in [7, 11) is 4.66. The standard InChI is InChI=1S/C9H10ClNO2.C7H5ClO2.C3H8O.ClH/c1-11(13-2)9(12)7-4-3-5-8(10)6-7;8-6-3-1-2-5(4-6)7(9)10;1-3-4-2;/h3-6H,1-2H3;1-4H,(H,9,10);3H2,1-2H3;1H. The summed E-state index contributed by atoms with van der Waals surface area (Å²) in [6, 6.07) is 12.9. The number of hydrogen-bond acceptors (Lipinski definition) is 4. The van der Waals surface area contributed by atoms with Crippen molar-refractivity contribution in [3.63, 3.8) is 0 Å². The van der Waals surface area contributed by atoms with Crippen molar-refractivity contribution in [2.45, 2.75) is 6.92 Å². The number of ether oxygens (including phenoxy) is 1. The van der Waals surface area contributed by atoms with Crippen molar-refractivity contribution < 1.29 is 24.3 Å². The van der Waals surface area contributed by atoms with Gasteiger partial charge in [-0.1, -0.05) is 35.3 Å². The quantitative estimate of drug-likeness (QED) is 0.654. The van der Waals surface area contributed by atoms with Gasteiger partial charge in [-0.3, -0.25) is 9.63 Å². The lowest BCUT2D eigenvalue weighted by molar-refractivity contribution is -0.0756. The molecular weight excluding hydrogens is 429 g/mol. The van der Waals surface area contributed by atoms with Gasteiger partial charge in [0.2, 0.25) is 0 Å². The van der Waals surface area contributed by atoms with E-state index in [1.165, 1.54) is 19.2 Å². The fourth-order valence-electron chi connectivity index (χ4n) is 1.51. The molecule has 2 aromatic rings. The molecule has 9 heteroatoms.